The Labute approximate surface area is 115 Å². The van der Waals surface area contributed by atoms with Crippen LogP contribution in [0.1, 0.15) is 20.8 Å². The molecule has 0 unspecified atom stereocenters. The maximum absolute atomic E-state index is 8.74. The number of thiol groups is 1. The van der Waals surface area contributed by atoms with E-state index in [2.05, 4.69) is 12.6 Å². The van der Waals surface area contributed by atoms with E-state index in [9.17, 15) is 0 Å². The highest BCUT2D eigenvalue weighted by molar-refractivity contribution is 7.80. The number of rotatable bonds is 8. The Bertz CT molecular complexity index is 246. The average Bonchev–Trinajstić information content (AvgIpc) is 2.16. The molecule has 0 heterocycles. The number of hydrogen-bond donors (Lipinski definition) is 3. The molecule has 10 heteroatoms. The summed E-state index contributed by atoms with van der Waals surface area (Å²) in [6, 6.07) is 0.783. The van der Waals surface area contributed by atoms with Crippen molar-refractivity contribution in [2.24, 2.45) is 0 Å². The summed E-state index contributed by atoms with van der Waals surface area (Å²) in [5.74, 6) is 0.742. The molecular weight excluding hydrogens is 300 g/mol. The van der Waals surface area contributed by atoms with Crippen LogP contribution in [0, 0.1) is 0 Å². The second-order valence-electron chi connectivity index (χ2n) is 2.90. The lowest BCUT2D eigenvalue weighted by Gasteiger charge is -2.27. The van der Waals surface area contributed by atoms with Gasteiger partial charge in [0.05, 0.1) is 0 Å². The fraction of sp³-hybridized carbons (Fsp3) is 1.00. The Hall–Kier alpha value is 0.317. The maximum Gasteiger partial charge on any atom is 0.501 e. The Morgan fingerprint density at radius 3 is 1.44 bits per heavy atom. The van der Waals surface area contributed by atoms with Crippen molar-refractivity contribution >= 4 is 31.8 Å². The molecule has 0 bridgehead atoms. The fourth-order valence-electron chi connectivity index (χ4n) is 1.14. The largest absolute Gasteiger partial charge is 0.501 e. The first-order valence-electron chi connectivity index (χ1n) is 5.47. The highest BCUT2D eigenvalue weighted by Gasteiger charge is 2.39. The van der Waals surface area contributed by atoms with E-state index in [1.54, 1.807) is 0 Å². The van der Waals surface area contributed by atoms with Crippen LogP contribution in [-0.2, 0) is 23.7 Å². The van der Waals surface area contributed by atoms with Gasteiger partial charge in [-0.1, -0.05) is 0 Å². The lowest BCUT2D eigenvalue weighted by atomic mass is 10.9. The maximum atomic E-state index is 8.74. The van der Waals surface area contributed by atoms with E-state index < -0.39 is 19.2 Å². The normalized spacial score (nSPS) is 11.9. The van der Waals surface area contributed by atoms with Crippen LogP contribution in [0.4, 0.5) is 0 Å². The van der Waals surface area contributed by atoms with Gasteiger partial charge in [-0.2, -0.15) is 21.0 Å². The Balaban J connectivity index is 0. The molecule has 0 spiro atoms. The van der Waals surface area contributed by atoms with Crippen LogP contribution in [0.5, 0.6) is 0 Å². The van der Waals surface area contributed by atoms with Gasteiger partial charge < -0.3 is 13.3 Å². The standard InChI is InChI=1S/C8H20O3SSi.H2O4S/c1-4-9-13(8-7-12,10-5-2)11-6-3;1-5(2,3)4/h12H,4-8H2,1-3H3;(H2,1,2,3,4). The van der Waals surface area contributed by atoms with Crippen LogP contribution < -0.4 is 0 Å². The molecule has 0 saturated carbocycles. The second-order valence-corrected chi connectivity index (χ2v) is 6.98. The molecule has 0 saturated heterocycles. The zero-order valence-electron chi connectivity index (χ0n) is 10.8. The van der Waals surface area contributed by atoms with Gasteiger partial charge in [0, 0.05) is 25.9 Å². The third-order valence-electron chi connectivity index (χ3n) is 1.51. The second kappa shape index (κ2) is 11.2. The van der Waals surface area contributed by atoms with E-state index in [0.29, 0.717) is 19.8 Å². The Kier molecular flexibility index (Phi) is 12.8. The van der Waals surface area contributed by atoms with Gasteiger partial charge in [-0.05, 0) is 26.5 Å². The molecule has 0 aliphatic rings. The smallest absolute Gasteiger partial charge is 0.374 e. The van der Waals surface area contributed by atoms with Crippen molar-refractivity contribution < 1.29 is 30.8 Å². The zero-order valence-corrected chi connectivity index (χ0v) is 13.5. The van der Waals surface area contributed by atoms with Gasteiger partial charge in [-0.3, -0.25) is 9.11 Å². The quantitative estimate of drug-likeness (QED) is 0.352. The van der Waals surface area contributed by atoms with Gasteiger partial charge in [-0.15, -0.1) is 0 Å². The average molecular weight is 322 g/mol. The molecule has 2 N–H and O–H groups in total. The molecule has 7 nitrogen and oxygen atoms in total. The van der Waals surface area contributed by atoms with Gasteiger partial charge in [0.1, 0.15) is 0 Å². The van der Waals surface area contributed by atoms with Crippen LogP contribution in [-0.4, -0.2) is 51.9 Å². The first kappa shape index (κ1) is 20.6. The van der Waals surface area contributed by atoms with Crippen LogP contribution in [0.15, 0.2) is 0 Å². The summed E-state index contributed by atoms with van der Waals surface area (Å²) in [4.78, 5) is 0. The predicted molar refractivity (Wildman–Crippen MR) is 73.5 cm³/mol. The highest BCUT2D eigenvalue weighted by atomic mass is 32.3. The Morgan fingerprint density at radius 1 is 1.00 bits per heavy atom. The fourth-order valence-corrected chi connectivity index (χ4v) is 4.24. The van der Waals surface area contributed by atoms with Crippen molar-refractivity contribution in [3.8, 4) is 0 Å². The van der Waals surface area contributed by atoms with Gasteiger partial charge >= 0.3 is 19.2 Å². The molecule has 0 atom stereocenters. The Morgan fingerprint density at radius 2 is 1.28 bits per heavy atom. The number of hydrogen-bond acceptors (Lipinski definition) is 6. The summed E-state index contributed by atoms with van der Waals surface area (Å²) < 4.78 is 48.4. The summed E-state index contributed by atoms with van der Waals surface area (Å²) >= 11 is 4.19. The lowest BCUT2D eigenvalue weighted by molar-refractivity contribution is 0.0729. The van der Waals surface area contributed by atoms with Crippen LogP contribution in [0.25, 0.3) is 0 Å². The van der Waals surface area contributed by atoms with Crippen molar-refractivity contribution in [2.45, 2.75) is 26.8 Å². The van der Waals surface area contributed by atoms with E-state index in [4.69, 9.17) is 30.8 Å². The van der Waals surface area contributed by atoms with Crippen molar-refractivity contribution in [2.75, 3.05) is 25.6 Å². The third-order valence-corrected chi connectivity index (χ3v) is 5.20. The topological polar surface area (TPSA) is 102 Å². The summed E-state index contributed by atoms with van der Waals surface area (Å²) in [6.07, 6.45) is 0. The minimum absolute atomic E-state index is 0.639. The first-order chi connectivity index (χ1) is 8.24. The molecule has 18 heavy (non-hydrogen) atoms. The molecule has 0 rings (SSSR count). The van der Waals surface area contributed by atoms with E-state index in [-0.39, 0.29) is 0 Å². The summed E-state index contributed by atoms with van der Waals surface area (Å²) in [6.45, 7) is 7.79. The summed E-state index contributed by atoms with van der Waals surface area (Å²) in [7, 11) is -7.04. The third kappa shape index (κ3) is 14.4. The lowest BCUT2D eigenvalue weighted by Crippen LogP contribution is -2.46. The van der Waals surface area contributed by atoms with E-state index in [0.717, 1.165) is 11.8 Å². The molecule has 0 fully saturated rings. The molecule has 0 aromatic rings. The predicted octanol–water partition coefficient (Wildman–Crippen LogP) is 1.31. The molecule has 0 aliphatic heterocycles. The van der Waals surface area contributed by atoms with E-state index in [1.807, 2.05) is 20.8 Å². The van der Waals surface area contributed by atoms with Crippen LogP contribution in [0.2, 0.25) is 6.04 Å². The van der Waals surface area contributed by atoms with E-state index >= 15 is 0 Å². The minimum Gasteiger partial charge on any atom is -0.374 e. The highest BCUT2D eigenvalue weighted by Crippen LogP contribution is 2.16. The monoisotopic (exact) mass is 322 g/mol. The van der Waals surface area contributed by atoms with Crippen molar-refractivity contribution in [3.63, 3.8) is 0 Å². The van der Waals surface area contributed by atoms with Crippen LogP contribution >= 0.6 is 12.6 Å². The molecule has 112 valence electrons. The van der Waals surface area contributed by atoms with Gasteiger partial charge in [0.15, 0.2) is 0 Å². The first-order valence-corrected chi connectivity index (χ1v) is 9.43. The molecule has 0 aromatic heterocycles. The van der Waals surface area contributed by atoms with Crippen molar-refractivity contribution in [3.05, 3.63) is 0 Å². The van der Waals surface area contributed by atoms with Crippen molar-refractivity contribution in [1.29, 1.82) is 0 Å². The van der Waals surface area contributed by atoms with E-state index in [1.165, 1.54) is 0 Å². The molecular formula is C8H22O7S2Si. The summed E-state index contributed by atoms with van der Waals surface area (Å²) in [5.41, 5.74) is 0. The molecule has 0 aliphatic carbocycles. The van der Waals surface area contributed by atoms with Crippen LogP contribution in [0.3, 0.4) is 0 Å². The molecule has 0 radical (unpaired) electrons. The van der Waals surface area contributed by atoms with Gasteiger partial charge in [0.25, 0.3) is 0 Å². The minimum atomic E-state index is -4.67. The van der Waals surface area contributed by atoms with Crippen molar-refractivity contribution in [1.82, 2.24) is 0 Å². The molecule has 0 aromatic carbocycles. The van der Waals surface area contributed by atoms with Gasteiger partial charge in [-0.25, -0.2) is 0 Å². The summed E-state index contributed by atoms with van der Waals surface area (Å²) in [5, 5.41) is 0. The molecule has 0 amide bonds. The SMILES string of the molecule is CCO[Si](CCS)(OCC)OCC.O=S(=O)(O)O. The van der Waals surface area contributed by atoms with Gasteiger partial charge in [0.2, 0.25) is 0 Å². The zero-order chi connectivity index (χ0) is 14.7.